The van der Waals surface area contributed by atoms with Crippen LogP contribution in [0, 0.1) is 5.41 Å². The molecule has 0 aromatic carbocycles. The fraction of sp³-hybridized carbons (Fsp3) is 0.750. The molecule has 1 saturated carbocycles. The van der Waals surface area contributed by atoms with Crippen LogP contribution in [0.25, 0.3) is 0 Å². The molecule has 3 nitrogen and oxygen atoms in total. The third-order valence-electron chi connectivity index (χ3n) is 3.31. The molecule has 1 aliphatic rings. The van der Waals surface area contributed by atoms with Crippen molar-refractivity contribution < 1.29 is 4.79 Å². The van der Waals surface area contributed by atoms with Crippen LogP contribution in [0.1, 0.15) is 32.6 Å². The van der Waals surface area contributed by atoms with Crippen LogP contribution in [0.3, 0.4) is 0 Å². The summed E-state index contributed by atoms with van der Waals surface area (Å²) in [6.45, 7) is 7.04. The van der Waals surface area contributed by atoms with E-state index in [-0.39, 0.29) is 11.3 Å². The fourth-order valence-electron chi connectivity index (χ4n) is 2.08. The minimum atomic E-state index is 0.112. The normalized spacial score (nSPS) is 18.1. The highest BCUT2D eigenvalue weighted by Gasteiger charge is 2.38. The molecule has 0 atom stereocenters. The van der Waals surface area contributed by atoms with E-state index < -0.39 is 0 Å². The zero-order valence-corrected chi connectivity index (χ0v) is 9.88. The second kappa shape index (κ2) is 4.79. The number of carbonyl (C=O) groups excluding carboxylic acids is 1. The fourth-order valence-corrected chi connectivity index (χ4v) is 2.08. The van der Waals surface area contributed by atoms with Crippen LogP contribution in [0.4, 0.5) is 0 Å². The lowest BCUT2D eigenvalue weighted by Gasteiger charge is -2.41. The molecule has 0 saturated heterocycles. The summed E-state index contributed by atoms with van der Waals surface area (Å²) in [5.74, 6) is 0.197. The van der Waals surface area contributed by atoms with E-state index in [1.54, 1.807) is 4.90 Å². The minimum Gasteiger partial charge on any atom is -0.342 e. The van der Waals surface area contributed by atoms with Gasteiger partial charge in [0.05, 0.1) is 0 Å². The van der Waals surface area contributed by atoms with Gasteiger partial charge in [-0.25, -0.2) is 0 Å². The Bertz CT molecular complexity index is 251. The molecule has 1 rings (SSSR count). The maximum Gasteiger partial charge on any atom is 0.223 e. The maximum absolute atomic E-state index is 11.9. The van der Waals surface area contributed by atoms with Crippen LogP contribution in [0.2, 0.25) is 0 Å². The summed E-state index contributed by atoms with van der Waals surface area (Å²) in [4.78, 5) is 13.6. The first-order chi connectivity index (χ1) is 6.99. The van der Waals surface area contributed by atoms with E-state index in [1.807, 2.05) is 14.0 Å². The van der Waals surface area contributed by atoms with Crippen molar-refractivity contribution in [3.8, 4) is 0 Å². The number of likely N-dealkylation sites (N-methyl/N-ethyl adjacent to an activating group) is 1. The molecule has 0 aliphatic heterocycles. The van der Waals surface area contributed by atoms with Gasteiger partial charge >= 0.3 is 0 Å². The number of rotatable bonds is 5. The van der Waals surface area contributed by atoms with Crippen molar-refractivity contribution in [2.24, 2.45) is 11.1 Å². The number of amides is 1. The van der Waals surface area contributed by atoms with E-state index in [1.165, 1.54) is 6.42 Å². The van der Waals surface area contributed by atoms with Gasteiger partial charge in [-0.05, 0) is 31.7 Å². The highest BCUT2D eigenvalue weighted by atomic mass is 16.2. The van der Waals surface area contributed by atoms with Gasteiger partial charge in [-0.3, -0.25) is 4.79 Å². The van der Waals surface area contributed by atoms with Gasteiger partial charge in [0, 0.05) is 20.0 Å². The lowest BCUT2D eigenvalue weighted by molar-refractivity contribution is -0.133. The van der Waals surface area contributed by atoms with Crippen molar-refractivity contribution in [2.45, 2.75) is 32.6 Å². The Morgan fingerprint density at radius 2 is 2.13 bits per heavy atom. The molecule has 0 heterocycles. The molecule has 0 aromatic heterocycles. The zero-order chi connectivity index (χ0) is 11.5. The van der Waals surface area contributed by atoms with Gasteiger partial charge in [0.25, 0.3) is 0 Å². The summed E-state index contributed by atoms with van der Waals surface area (Å²) in [6, 6.07) is 0. The molecule has 0 aromatic rings. The van der Waals surface area contributed by atoms with E-state index in [0.717, 1.165) is 18.4 Å². The Hall–Kier alpha value is -0.830. The van der Waals surface area contributed by atoms with Gasteiger partial charge in [0.1, 0.15) is 0 Å². The molecular weight excluding hydrogens is 188 g/mol. The van der Waals surface area contributed by atoms with Crippen molar-refractivity contribution in [1.82, 2.24) is 4.90 Å². The molecule has 86 valence electrons. The lowest BCUT2D eigenvalue weighted by Crippen LogP contribution is -2.42. The molecular formula is C12H22N2O. The number of nitrogens with zero attached hydrogens (tertiary/aromatic N) is 1. The Morgan fingerprint density at radius 1 is 1.53 bits per heavy atom. The average molecular weight is 210 g/mol. The molecule has 2 N–H and O–H groups in total. The Balaban J connectivity index is 2.43. The standard InChI is InChI=1S/C12H22N2O/c1-10(2)8-14(3)11(15)7-12(9-13)5-4-6-12/h1,4-9,13H2,2-3H3. The first kappa shape index (κ1) is 12.2. The quantitative estimate of drug-likeness (QED) is 0.700. The SMILES string of the molecule is C=C(C)CN(C)C(=O)CC1(CN)CCC1. The highest BCUT2D eigenvalue weighted by Crippen LogP contribution is 2.43. The number of nitrogens with two attached hydrogens (primary N) is 1. The van der Waals surface area contributed by atoms with Crippen LogP contribution in [0.15, 0.2) is 12.2 Å². The predicted octanol–water partition coefficient (Wildman–Crippen LogP) is 1.54. The van der Waals surface area contributed by atoms with Crippen LogP contribution in [0.5, 0.6) is 0 Å². The van der Waals surface area contributed by atoms with Crippen molar-refractivity contribution in [1.29, 1.82) is 0 Å². The Labute approximate surface area is 92.3 Å². The van der Waals surface area contributed by atoms with Gasteiger partial charge in [-0.15, -0.1) is 0 Å². The lowest BCUT2D eigenvalue weighted by atomic mass is 9.66. The second-order valence-electron chi connectivity index (χ2n) is 4.94. The summed E-state index contributed by atoms with van der Waals surface area (Å²) in [7, 11) is 1.83. The first-order valence-electron chi connectivity index (χ1n) is 5.57. The van der Waals surface area contributed by atoms with Gasteiger partial charge < -0.3 is 10.6 Å². The van der Waals surface area contributed by atoms with Crippen LogP contribution < -0.4 is 5.73 Å². The molecule has 0 spiro atoms. The predicted molar refractivity (Wildman–Crippen MR) is 62.4 cm³/mol. The third-order valence-corrected chi connectivity index (χ3v) is 3.31. The average Bonchev–Trinajstić information content (AvgIpc) is 2.09. The Kier molecular flexibility index (Phi) is 3.91. The van der Waals surface area contributed by atoms with Crippen LogP contribution >= 0.6 is 0 Å². The monoisotopic (exact) mass is 210 g/mol. The molecule has 15 heavy (non-hydrogen) atoms. The van der Waals surface area contributed by atoms with E-state index in [9.17, 15) is 4.79 Å². The summed E-state index contributed by atoms with van der Waals surface area (Å²) in [5, 5.41) is 0. The molecule has 1 aliphatic carbocycles. The van der Waals surface area contributed by atoms with Gasteiger partial charge in [0.15, 0.2) is 0 Å². The maximum atomic E-state index is 11.9. The summed E-state index contributed by atoms with van der Waals surface area (Å²) < 4.78 is 0. The van der Waals surface area contributed by atoms with Crippen LogP contribution in [-0.2, 0) is 4.79 Å². The smallest absolute Gasteiger partial charge is 0.223 e. The van der Waals surface area contributed by atoms with Gasteiger partial charge in [-0.1, -0.05) is 18.6 Å². The zero-order valence-electron chi connectivity index (χ0n) is 9.88. The van der Waals surface area contributed by atoms with Gasteiger partial charge in [0.2, 0.25) is 5.91 Å². The Morgan fingerprint density at radius 3 is 2.47 bits per heavy atom. The second-order valence-corrected chi connectivity index (χ2v) is 4.94. The molecule has 0 radical (unpaired) electrons. The number of carbonyl (C=O) groups is 1. The largest absolute Gasteiger partial charge is 0.342 e. The third kappa shape index (κ3) is 3.06. The molecule has 0 bridgehead atoms. The van der Waals surface area contributed by atoms with Crippen LogP contribution in [-0.4, -0.2) is 30.9 Å². The van der Waals surface area contributed by atoms with Gasteiger partial charge in [-0.2, -0.15) is 0 Å². The highest BCUT2D eigenvalue weighted by molar-refractivity contribution is 5.77. The van der Waals surface area contributed by atoms with E-state index in [2.05, 4.69) is 6.58 Å². The summed E-state index contributed by atoms with van der Waals surface area (Å²) in [6.07, 6.45) is 4.04. The first-order valence-corrected chi connectivity index (χ1v) is 5.57. The van der Waals surface area contributed by atoms with Crippen molar-refractivity contribution in [2.75, 3.05) is 20.1 Å². The summed E-state index contributed by atoms with van der Waals surface area (Å²) in [5.41, 5.74) is 6.86. The van der Waals surface area contributed by atoms with E-state index >= 15 is 0 Å². The van der Waals surface area contributed by atoms with Crippen molar-refractivity contribution in [3.63, 3.8) is 0 Å². The molecule has 3 heteroatoms. The molecule has 0 unspecified atom stereocenters. The number of hydrogen-bond donors (Lipinski definition) is 1. The molecule has 1 amide bonds. The van der Waals surface area contributed by atoms with Crippen molar-refractivity contribution >= 4 is 5.91 Å². The molecule has 1 fully saturated rings. The minimum absolute atomic E-state index is 0.112. The topological polar surface area (TPSA) is 46.3 Å². The summed E-state index contributed by atoms with van der Waals surface area (Å²) >= 11 is 0. The number of hydrogen-bond acceptors (Lipinski definition) is 2. The van der Waals surface area contributed by atoms with E-state index in [0.29, 0.717) is 19.5 Å². The van der Waals surface area contributed by atoms with E-state index in [4.69, 9.17) is 5.73 Å². The van der Waals surface area contributed by atoms with Crippen molar-refractivity contribution in [3.05, 3.63) is 12.2 Å².